The van der Waals surface area contributed by atoms with Crippen LogP contribution in [0.5, 0.6) is 0 Å². The van der Waals surface area contributed by atoms with Gasteiger partial charge in [-0.1, -0.05) is 42.1 Å². The molecule has 30 heavy (non-hydrogen) atoms. The van der Waals surface area contributed by atoms with Crippen molar-refractivity contribution in [1.29, 1.82) is 0 Å². The van der Waals surface area contributed by atoms with Gasteiger partial charge in [0, 0.05) is 29.1 Å². The van der Waals surface area contributed by atoms with Gasteiger partial charge >= 0.3 is 5.97 Å². The monoisotopic (exact) mass is 419 g/mol. The Morgan fingerprint density at radius 3 is 2.57 bits per heavy atom. The molecule has 4 rings (SSSR count). The molecule has 2 aromatic heterocycles. The number of nitrogens with zero attached hydrogens (tertiary/aromatic N) is 2. The minimum Gasteiger partial charge on any atom is -0.465 e. The Labute approximate surface area is 176 Å². The summed E-state index contributed by atoms with van der Waals surface area (Å²) in [7, 11) is 1.29. The second-order valence-corrected chi connectivity index (χ2v) is 7.16. The zero-order valence-electron chi connectivity index (χ0n) is 16.0. The van der Waals surface area contributed by atoms with Gasteiger partial charge in [-0.05, 0) is 24.3 Å². The van der Waals surface area contributed by atoms with Crippen LogP contribution >= 0.6 is 11.8 Å². The van der Waals surface area contributed by atoms with Crippen LogP contribution in [0.2, 0.25) is 0 Å². The van der Waals surface area contributed by atoms with Crippen LogP contribution in [-0.4, -0.2) is 29.0 Å². The maximum absolute atomic E-state index is 13.1. The number of ether oxygens (including phenoxy) is 1. The van der Waals surface area contributed by atoms with E-state index in [1.165, 1.54) is 18.9 Å². The van der Waals surface area contributed by atoms with Gasteiger partial charge < -0.3 is 14.5 Å². The Hall–Kier alpha value is -3.65. The molecular formula is C22H17N3O4S. The molecule has 1 N–H and O–H groups in total. The van der Waals surface area contributed by atoms with E-state index in [0.717, 1.165) is 10.9 Å². The summed E-state index contributed by atoms with van der Waals surface area (Å²) in [5.41, 5.74) is 1.95. The molecule has 0 spiro atoms. The van der Waals surface area contributed by atoms with Crippen LogP contribution in [0.4, 0.5) is 5.69 Å². The van der Waals surface area contributed by atoms with Gasteiger partial charge in [0.05, 0.1) is 18.4 Å². The van der Waals surface area contributed by atoms with E-state index in [0.29, 0.717) is 22.2 Å². The number of benzene rings is 2. The highest BCUT2D eigenvalue weighted by Gasteiger charge is 2.22. The van der Waals surface area contributed by atoms with Crippen LogP contribution in [0, 0.1) is 0 Å². The molecule has 0 aliphatic carbocycles. The Balaban J connectivity index is 1.67. The van der Waals surface area contributed by atoms with Crippen LogP contribution in [-0.2, 0) is 10.5 Å². The summed E-state index contributed by atoms with van der Waals surface area (Å²) in [6.45, 7) is 0. The normalized spacial score (nSPS) is 10.7. The third-order valence-corrected chi connectivity index (χ3v) is 5.27. The number of carbonyl (C=O) groups is 2. The average molecular weight is 419 g/mol. The molecule has 0 saturated carbocycles. The molecule has 0 radical (unpaired) electrons. The lowest BCUT2D eigenvalue weighted by atomic mass is 10.1. The van der Waals surface area contributed by atoms with E-state index < -0.39 is 11.9 Å². The summed E-state index contributed by atoms with van der Waals surface area (Å²) < 4.78 is 10.7. The van der Waals surface area contributed by atoms with Crippen molar-refractivity contribution in [3.8, 4) is 0 Å². The molecule has 0 bridgehead atoms. The van der Waals surface area contributed by atoms with Crippen molar-refractivity contribution in [1.82, 2.24) is 9.97 Å². The van der Waals surface area contributed by atoms with Crippen molar-refractivity contribution in [2.75, 3.05) is 12.4 Å². The predicted octanol–water partition coefficient (Wildman–Crippen LogP) is 4.55. The topological polar surface area (TPSA) is 94.3 Å². The smallest absolute Gasteiger partial charge is 0.339 e. The molecule has 2 aromatic carbocycles. The van der Waals surface area contributed by atoms with Crippen molar-refractivity contribution in [2.24, 2.45) is 0 Å². The van der Waals surface area contributed by atoms with E-state index >= 15 is 0 Å². The lowest BCUT2D eigenvalue weighted by Gasteiger charge is -2.09. The third kappa shape index (κ3) is 4.04. The molecule has 0 unspecified atom stereocenters. The fraction of sp³-hybridized carbons (Fsp3) is 0.0909. The van der Waals surface area contributed by atoms with Gasteiger partial charge in [-0.2, -0.15) is 0 Å². The Morgan fingerprint density at radius 2 is 1.77 bits per heavy atom. The number of nitrogens with one attached hydrogen (secondary N) is 1. The fourth-order valence-corrected chi connectivity index (χ4v) is 3.81. The first-order valence-corrected chi connectivity index (χ1v) is 10.0. The minimum atomic E-state index is -0.535. The van der Waals surface area contributed by atoms with Gasteiger partial charge in [-0.25, -0.2) is 14.8 Å². The van der Waals surface area contributed by atoms with Crippen molar-refractivity contribution >= 4 is 40.3 Å². The first kappa shape index (κ1) is 19.7. The van der Waals surface area contributed by atoms with E-state index in [2.05, 4.69) is 15.3 Å². The Kier molecular flexibility index (Phi) is 5.76. The largest absolute Gasteiger partial charge is 0.465 e. The Morgan fingerprint density at radius 1 is 1.03 bits per heavy atom. The number of thioether (sulfide) groups is 1. The molecule has 150 valence electrons. The molecule has 0 saturated heterocycles. The van der Waals surface area contributed by atoms with Crippen LogP contribution < -0.4 is 5.32 Å². The molecule has 7 nitrogen and oxygen atoms in total. The molecule has 0 aliphatic heterocycles. The maximum Gasteiger partial charge on any atom is 0.339 e. The molecule has 0 fully saturated rings. The van der Waals surface area contributed by atoms with Crippen molar-refractivity contribution in [2.45, 2.75) is 10.9 Å². The SMILES string of the molecule is COC(=O)c1ccccc1NC(=O)c1oc2ccccc2c1CSc1ncccn1. The number of furan rings is 1. The average Bonchev–Trinajstić information content (AvgIpc) is 3.17. The van der Waals surface area contributed by atoms with Crippen LogP contribution in [0.15, 0.2) is 76.6 Å². The molecule has 0 atom stereocenters. The highest BCUT2D eigenvalue weighted by molar-refractivity contribution is 7.98. The second-order valence-electron chi connectivity index (χ2n) is 6.22. The lowest BCUT2D eigenvalue weighted by molar-refractivity contribution is 0.0602. The number of rotatable bonds is 6. The number of aromatic nitrogens is 2. The van der Waals surface area contributed by atoms with Crippen molar-refractivity contribution < 1.29 is 18.7 Å². The van der Waals surface area contributed by atoms with E-state index in [4.69, 9.17) is 9.15 Å². The van der Waals surface area contributed by atoms with E-state index in [1.807, 2.05) is 24.3 Å². The summed E-state index contributed by atoms with van der Waals surface area (Å²) in [6.07, 6.45) is 3.33. The van der Waals surface area contributed by atoms with Gasteiger partial charge in [0.1, 0.15) is 5.58 Å². The quantitative estimate of drug-likeness (QED) is 0.278. The zero-order valence-corrected chi connectivity index (χ0v) is 16.8. The number of esters is 1. The minimum absolute atomic E-state index is 0.180. The lowest BCUT2D eigenvalue weighted by Crippen LogP contribution is -2.16. The molecule has 1 amide bonds. The number of para-hydroxylation sites is 2. The first-order valence-electron chi connectivity index (χ1n) is 9.06. The van der Waals surface area contributed by atoms with Gasteiger partial charge in [-0.15, -0.1) is 0 Å². The third-order valence-electron chi connectivity index (χ3n) is 4.37. The van der Waals surface area contributed by atoms with E-state index in [1.54, 1.807) is 42.7 Å². The van der Waals surface area contributed by atoms with Crippen LogP contribution in [0.3, 0.4) is 0 Å². The molecular weight excluding hydrogens is 402 g/mol. The van der Waals surface area contributed by atoms with Crippen LogP contribution in [0.1, 0.15) is 26.5 Å². The molecule has 4 aromatic rings. The number of fused-ring (bicyclic) bond motifs is 1. The number of amides is 1. The van der Waals surface area contributed by atoms with Crippen LogP contribution in [0.25, 0.3) is 11.0 Å². The molecule has 0 aliphatic rings. The predicted molar refractivity (Wildman–Crippen MR) is 114 cm³/mol. The number of hydrogen-bond donors (Lipinski definition) is 1. The van der Waals surface area contributed by atoms with Crippen molar-refractivity contribution in [3.05, 3.63) is 83.9 Å². The number of methoxy groups -OCH3 is 1. The van der Waals surface area contributed by atoms with E-state index in [9.17, 15) is 9.59 Å². The molecule has 8 heteroatoms. The maximum atomic E-state index is 13.1. The summed E-state index contributed by atoms with van der Waals surface area (Å²) in [4.78, 5) is 33.5. The number of anilines is 1. The van der Waals surface area contributed by atoms with E-state index in [-0.39, 0.29) is 11.3 Å². The standard InChI is InChI=1S/C22H17N3O4S/c1-28-21(27)15-8-2-4-9-17(15)25-20(26)19-16(13-30-22-23-11-6-12-24-22)14-7-3-5-10-18(14)29-19/h2-12H,13H2,1H3,(H,25,26). The first-order chi connectivity index (χ1) is 14.7. The number of hydrogen-bond acceptors (Lipinski definition) is 7. The zero-order chi connectivity index (χ0) is 20.9. The number of carbonyl (C=O) groups excluding carboxylic acids is 2. The van der Waals surface area contributed by atoms with Gasteiger partial charge in [0.15, 0.2) is 10.9 Å². The van der Waals surface area contributed by atoms with Gasteiger partial charge in [0.25, 0.3) is 5.91 Å². The fourth-order valence-electron chi connectivity index (χ4n) is 2.98. The highest BCUT2D eigenvalue weighted by Crippen LogP contribution is 2.31. The summed E-state index contributed by atoms with van der Waals surface area (Å²) in [5.74, 6) is -0.360. The second kappa shape index (κ2) is 8.79. The molecule has 2 heterocycles. The summed E-state index contributed by atoms with van der Waals surface area (Å²) >= 11 is 1.41. The highest BCUT2D eigenvalue weighted by atomic mass is 32.2. The van der Waals surface area contributed by atoms with Crippen molar-refractivity contribution in [3.63, 3.8) is 0 Å². The summed E-state index contributed by atoms with van der Waals surface area (Å²) in [5, 5.41) is 4.21. The van der Waals surface area contributed by atoms with Gasteiger partial charge in [-0.3, -0.25) is 4.79 Å². The Bertz CT molecular complexity index is 1210. The summed E-state index contributed by atoms with van der Waals surface area (Å²) in [6, 6.07) is 15.8. The van der Waals surface area contributed by atoms with Gasteiger partial charge in [0.2, 0.25) is 0 Å².